The highest BCUT2D eigenvalue weighted by atomic mass is 127. The predicted molar refractivity (Wildman–Crippen MR) is 107 cm³/mol. The van der Waals surface area contributed by atoms with E-state index in [9.17, 15) is 0 Å². The number of methoxy groups -OCH3 is 1. The Morgan fingerprint density at radius 2 is 1.91 bits per heavy atom. The molecule has 0 heterocycles. The fourth-order valence-corrected chi connectivity index (χ4v) is 1.92. The van der Waals surface area contributed by atoms with Gasteiger partial charge in [-0.25, -0.2) is 0 Å². The molecule has 0 radical (unpaired) electrons. The second-order valence-electron chi connectivity index (χ2n) is 5.00. The molecule has 132 valence electrons. The largest absolute Gasteiger partial charge is 0.493 e. The number of aliphatic imine (C=N–C) groups is 1. The highest BCUT2D eigenvalue weighted by molar-refractivity contribution is 14.0. The normalized spacial score (nSPS) is 10.8. The van der Waals surface area contributed by atoms with Gasteiger partial charge >= 0.3 is 0 Å². The van der Waals surface area contributed by atoms with Crippen molar-refractivity contribution in [3.63, 3.8) is 0 Å². The van der Waals surface area contributed by atoms with Crippen molar-refractivity contribution in [2.24, 2.45) is 4.99 Å². The van der Waals surface area contributed by atoms with Gasteiger partial charge in [0.2, 0.25) is 0 Å². The zero-order valence-corrected chi connectivity index (χ0v) is 16.8. The summed E-state index contributed by atoms with van der Waals surface area (Å²) in [7, 11) is 1.72. The van der Waals surface area contributed by atoms with Crippen LogP contribution in [0.1, 0.15) is 25.3 Å². The van der Waals surface area contributed by atoms with Crippen molar-refractivity contribution in [3.8, 4) is 5.75 Å². The van der Waals surface area contributed by atoms with Crippen LogP contribution >= 0.6 is 24.0 Å². The van der Waals surface area contributed by atoms with Gasteiger partial charge in [0.15, 0.2) is 5.96 Å². The molecular weight excluding hydrogens is 405 g/mol. The van der Waals surface area contributed by atoms with Crippen LogP contribution in [0.4, 0.5) is 0 Å². The third kappa shape index (κ3) is 10.4. The molecule has 0 aromatic heterocycles. The first kappa shape index (κ1) is 22.0. The van der Waals surface area contributed by atoms with Crippen LogP contribution in [0.3, 0.4) is 0 Å². The van der Waals surface area contributed by atoms with Gasteiger partial charge in [0.05, 0.1) is 6.61 Å². The van der Waals surface area contributed by atoms with Crippen LogP contribution in [0.2, 0.25) is 0 Å². The van der Waals surface area contributed by atoms with E-state index in [2.05, 4.69) is 35.5 Å². The van der Waals surface area contributed by atoms with Gasteiger partial charge in [0.25, 0.3) is 0 Å². The fraction of sp³-hybridized carbons (Fsp3) is 0.588. The van der Waals surface area contributed by atoms with Gasteiger partial charge in [0, 0.05) is 39.8 Å². The molecular formula is C17H30IN3O2. The Morgan fingerprint density at radius 3 is 2.61 bits per heavy atom. The lowest BCUT2D eigenvalue weighted by Crippen LogP contribution is -2.38. The summed E-state index contributed by atoms with van der Waals surface area (Å²) in [6, 6.07) is 8.07. The minimum absolute atomic E-state index is 0. The number of benzene rings is 1. The first-order valence-corrected chi connectivity index (χ1v) is 7.97. The third-order valence-corrected chi connectivity index (χ3v) is 3.09. The van der Waals surface area contributed by atoms with Crippen LogP contribution < -0.4 is 15.4 Å². The molecule has 0 bridgehead atoms. The molecule has 0 saturated heterocycles. The highest BCUT2D eigenvalue weighted by Gasteiger charge is 1.98. The van der Waals surface area contributed by atoms with Crippen LogP contribution in [0, 0.1) is 6.92 Å². The maximum absolute atomic E-state index is 5.77. The molecule has 23 heavy (non-hydrogen) atoms. The molecule has 6 heteroatoms. The lowest BCUT2D eigenvalue weighted by molar-refractivity contribution is 0.195. The van der Waals surface area contributed by atoms with E-state index < -0.39 is 0 Å². The number of nitrogens with zero attached hydrogens (tertiary/aromatic N) is 1. The summed E-state index contributed by atoms with van der Waals surface area (Å²) in [5, 5.41) is 6.53. The van der Waals surface area contributed by atoms with E-state index in [-0.39, 0.29) is 24.0 Å². The number of halogens is 1. The number of hydrogen-bond donors (Lipinski definition) is 2. The molecule has 0 fully saturated rings. The molecule has 2 N–H and O–H groups in total. The SMILES string of the molecule is CCNC(=NCCCOc1ccccc1C)NCCCOC.I. The Bertz CT molecular complexity index is 442. The van der Waals surface area contributed by atoms with Gasteiger partial charge in [-0.3, -0.25) is 4.99 Å². The Kier molecular flexibility index (Phi) is 13.9. The van der Waals surface area contributed by atoms with Crippen molar-refractivity contribution in [3.05, 3.63) is 29.8 Å². The zero-order valence-electron chi connectivity index (χ0n) is 14.4. The van der Waals surface area contributed by atoms with Crippen molar-refractivity contribution in [2.45, 2.75) is 26.7 Å². The van der Waals surface area contributed by atoms with Crippen molar-refractivity contribution in [1.82, 2.24) is 10.6 Å². The summed E-state index contributed by atoms with van der Waals surface area (Å²) in [5.74, 6) is 1.81. The Hall–Kier alpha value is -1.02. The number of guanidine groups is 1. The minimum Gasteiger partial charge on any atom is -0.493 e. The molecule has 0 aliphatic carbocycles. The van der Waals surface area contributed by atoms with E-state index >= 15 is 0 Å². The van der Waals surface area contributed by atoms with Crippen LogP contribution in [-0.4, -0.2) is 45.9 Å². The zero-order chi connectivity index (χ0) is 16.0. The minimum atomic E-state index is 0. The molecule has 1 aromatic rings. The lowest BCUT2D eigenvalue weighted by atomic mass is 10.2. The van der Waals surface area contributed by atoms with Crippen molar-refractivity contribution >= 4 is 29.9 Å². The van der Waals surface area contributed by atoms with E-state index in [0.29, 0.717) is 6.61 Å². The van der Waals surface area contributed by atoms with E-state index in [1.54, 1.807) is 7.11 Å². The monoisotopic (exact) mass is 435 g/mol. The maximum Gasteiger partial charge on any atom is 0.191 e. The topological polar surface area (TPSA) is 54.9 Å². The van der Waals surface area contributed by atoms with Crippen LogP contribution in [0.15, 0.2) is 29.3 Å². The molecule has 1 rings (SSSR count). The number of hydrogen-bond acceptors (Lipinski definition) is 3. The summed E-state index contributed by atoms with van der Waals surface area (Å²) in [5.41, 5.74) is 1.17. The van der Waals surface area contributed by atoms with Crippen molar-refractivity contribution in [2.75, 3.05) is 40.0 Å². The van der Waals surface area contributed by atoms with Gasteiger partial charge < -0.3 is 20.1 Å². The first-order chi connectivity index (χ1) is 10.8. The second kappa shape index (κ2) is 14.6. The molecule has 0 saturated carbocycles. The number of nitrogens with one attached hydrogen (secondary N) is 2. The molecule has 0 aliphatic heterocycles. The van der Waals surface area contributed by atoms with Gasteiger partial charge in [0.1, 0.15) is 5.75 Å². The van der Waals surface area contributed by atoms with Crippen LogP contribution in [0.25, 0.3) is 0 Å². The Morgan fingerprint density at radius 1 is 1.13 bits per heavy atom. The Labute approximate surface area is 157 Å². The molecule has 0 spiro atoms. The van der Waals surface area contributed by atoms with Crippen LogP contribution in [0.5, 0.6) is 5.75 Å². The maximum atomic E-state index is 5.77. The molecule has 1 aromatic carbocycles. The van der Waals surface area contributed by atoms with Gasteiger partial charge in [-0.05, 0) is 31.9 Å². The first-order valence-electron chi connectivity index (χ1n) is 7.97. The van der Waals surface area contributed by atoms with E-state index in [1.165, 1.54) is 5.56 Å². The average molecular weight is 435 g/mol. The fourth-order valence-electron chi connectivity index (χ4n) is 1.92. The summed E-state index contributed by atoms with van der Waals surface area (Å²) in [4.78, 5) is 4.54. The average Bonchev–Trinajstić information content (AvgIpc) is 2.52. The molecule has 5 nitrogen and oxygen atoms in total. The molecule has 0 aliphatic rings. The van der Waals surface area contributed by atoms with E-state index in [4.69, 9.17) is 9.47 Å². The molecule has 0 atom stereocenters. The summed E-state index contributed by atoms with van der Waals surface area (Å²) in [6.45, 7) is 8.02. The number of ether oxygens (including phenoxy) is 2. The standard InChI is InChI=1S/C17H29N3O2.HI/c1-4-18-17(19-11-7-13-21-3)20-12-8-14-22-16-10-6-5-9-15(16)2;/h5-6,9-10H,4,7-8,11-14H2,1-3H3,(H2,18,19,20);1H. The Balaban J connectivity index is 0.00000484. The van der Waals surface area contributed by atoms with Gasteiger partial charge in [-0.15, -0.1) is 24.0 Å². The van der Waals surface area contributed by atoms with Crippen molar-refractivity contribution < 1.29 is 9.47 Å². The summed E-state index contributed by atoms with van der Waals surface area (Å²) < 4.78 is 10.8. The summed E-state index contributed by atoms with van der Waals surface area (Å²) in [6.07, 6.45) is 1.86. The highest BCUT2D eigenvalue weighted by Crippen LogP contribution is 2.15. The van der Waals surface area contributed by atoms with Crippen LogP contribution in [-0.2, 0) is 4.74 Å². The predicted octanol–water partition coefficient (Wildman–Crippen LogP) is 2.97. The van der Waals surface area contributed by atoms with Gasteiger partial charge in [-0.1, -0.05) is 18.2 Å². The third-order valence-electron chi connectivity index (χ3n) is 3.09. The molecule has 0 unspecified atom stereocenters. The number of aryl methyl sites for hydroxylation is 1. The van der Waals surface area contributed by atoms with Crippen molar-refractivity contribution in [1.29, 1.82) is 0 Å². The van der Waals surface area contributed by atoms with E-state index in [0.717, 1.165) is 50.8 Å². The quantitative estimate of drug-likeness (QED) is 0.257. The van der Waals surface area contributed by atoms with Gasteiger partial charge in [-0.2, -0.15) is 0 Å². The van der Waals surface area contributed by atoms with E-state index in [1.807, 2.05) is 18.2 Å². The molecule has 0 amide bonds. The lowest BCUT2D eigenvalue weighted by Gasteiger charge is -2.11. The number of rotatable bonds is 10. The second-order valence-corrected chi connectivity index (χ2v) is 5.00. The number of para-hydroxylation sites is 1. The smallest absolute Gasteiger partial charge is 0.191 e. The summed E-state index contributed by atoms with van der Waals surface area (Å²) >= 11 is 0.